The zero-order chi connectivity index (χ0) is 19.4. The van der Waals surface area contributed by atoms with Gasteiger partial charge in [0.2, 0.25) is 0 Å². The molecule has 1 N–H and O–H groups in total. The Morgan fingerprint density at radius 2 is 1.93 bits per heavy atom. The van der Waals surface area contributed by atoms with Crippen LogP contribution in [0.5, 0.6) is 5.75 Å². The number of nitrogens with zero attached hydrogens (tertiary/aromatic N) is 2. The lowest BCUT2D eigenvalue weighted by Gasteiger charge is -2.10. The third-order valence-electron chi connectivity index (χ3n) is 4.29. The Hall–Kier alpha value is -3.15. The van der Waals surface area contributed by atoms with Gasteiger partial charge in [-0.25, -0.2) is 4.98 Å². The molecule has 0 radical (unpaired) electrons. The quantitative estimate of drug-likeness (QED) is 0.676. The summed E-state index contributed by atoms with van der Waals surface area (Å²) >= 11 is 0. The van der Waals surface area contributed by atoms with Crippen molar-refractivity contribution in [1.82, 2.24) is 9.38 Å². The average Bonchev–Trinajstić information content (AvgIpc) is 2.65. The van der Waals surface area contributed by atoms with Gasteiger partial charge in [-0.15, -0.1) is 0 Å². The molecule has 0 aliphatic heterocycles. The maximum atomic E-state index is 12.7. The van der Waals surface area contributed by atoms with Gasteiger partial charge in [-0.1, -0.05) is 13.3 Å². The highest BCUT2D eigenvalue weighted by Crippen LogP contribution is 2.15. The van der Waals surface area contributed by atoms with E-state index in [0.717, 1.165) is 24.2 Å². The summed E-state index contributed by atoms with van der Waals surface area (Å²) in [7, 11) is 0. The van der Waals surface area contributed by atoms with Crippen molar-refractivity contribution in [3.8, 4) is 5.75 Å². The minimum atomic E-state index is -0.357. The Balaban J connectivity index is 1.81. The molecule has 27 heavy (non-hydrogen) atoms. The van der Waals surface area contributed by atoms with Crippen molar-refractivity contribution in [2.45, 2.75) is 33.6 Å². The summed E-state index contributed by atoms with van der Waals surface area (Å²) < 4.78 is 7.03. The zero-order valence-corrected chi connectivity index (χ0v) is 15.8. The standard InChI is InChI=1S/C21H23N3O3/c1-4-5-12-27-17-8-6-16(7-9-17)20(25)23-19-15(3)22-18-13-14(2)10-11-24(18)21(19)26/h6-11,13H,4-5,12H2,1-3H3,(H,23,25). The number of aromatic nitrogens is 2. The molecule has 6 nitrogen and oxygen atoms in total. The summed E-state index contributed by atoms with van der Waals surface area (Å²) in [4.78, 5) is 29.7. The topological polar surface area (TPSA) is 72.7 Å². The smallest absolute Gasteiger partial charge is 0.281 e. The molecule has 0 saturated carbocycles. The Morgan fingerprint density at radius 3 is 2.63 bits per heavy atom. The van der Waals surface area contributed by atoms with Crippen molar-refractivity contribution < 1.29 is 9.53 Å². The number of benzene rings is 1. The number of nitrogens with one attached hydrogen (secondary N) is 1. The van der Waals surface area contributed by atoms with E-state index >= 15 is 0 Å². The Morgan fingerprint density at radius 1 is 1.19 bits per heavy atom. The van der Waals surface area contributed by atoms with Crippen LogP contribution < -0.4 is 15.6 Å². The Bertz CT molecular complexity index is 1020. The van der Waals surface area contributed by atoms with E-state index in [2.05, 4.69) is 17.2 Å². The first kappa shape index (κ1) is 18.6. The minimum Gasteiger partial charge on any atom is -0.494 e. The predicted molar refractivity (Wildman–Crippen MR) is 106 cm³/mol. The van der Waals surface area contributed by atoms with E-state index in [-0.39, 0.29) is 17.2 Å². The second-order valence-electron chi connectivity index (χ2n) is 6.49. The van der Waals surface area contributed by atoms with Crippen molar-refractivity contribution >= 4 is 17.2 Å². The van der Waals surface area contributed by atoms with E-state index < -0.39 is 0 Å². The molecule has 3 aromatic rings. The number of carbonyl (C=O) groups excluding carboxylic acids is 1. The molecule has 1 amide bonds. The van der Waals surface area contributed by atoms with Crippen LogP contribution in [0.3, 0.4) is 0 Å². The van der Waals surface area contributed by atoms with Gasteiger partial charge in [0.15, 0.2) is 0 Å². The predicted octanol–water partition coefficient (Wildman–Crippen LogP) is 3.74. The summed E-state index contributed by atoms with van der Waals surface area (Å²) in [6.07, 6.45) is 3.71. The van der Waals surface area contributed by atoms with Crippen LogP contribution in [-0.2, 0) is 0 Å². The van der Waals surface area contributed by atoms with Gasteiger partial charge in [-0.3, -0.25) is 14.0 Å². The molecule has 0 saturated heterocycles. The summed E-state index contributed by atoms with van der Waals surface area (Å²) in [5, 5.41) is 2.70. The molecule has 140 valence electrons. The minimum absolute atomic E-state index is 0.185. The third kappa shape index (κ3) is 4.16. The van der Waals surface area contributed by atoms with Crippen molar-refractivity contribution in [3.05, 3.63) is 69.8 Å². The van der Waals surface area contributed by atoms with E-state index in [4.69, 9.17) is 4.74 Å². The molecule has 2 heterocycles. The molecule has 2 aromatic heterocycles. The second kappa shape index (κ2) is 8.03. The van der Waals surface area contributed by atoms with Gasteiger partial charge in [0.1, 0.15) is 17.1 Å². The second-order valence-corrected chi connectivity index (χ2v) is 6.49. The number of fused-ring (bicyclic) bond motifs is 1. The first-order chi connectivity index (χ1) is 13.0. The number of amides is 1. The van der Waals surface area contributed by atoms with E-state index in [1.165, 1.54) is 4.40 Å². The van der Waals surface area contributed by atoms with Crippen molar-refractivity contribution in [2.75, 3.05) is 11.9 Å². The monoisotopic (exact) mass is 365 g/mol. The molecule has 0 bridgehead atoms. The number of anilines is 1. The van der Waals surface area contributed by atoms with E-state index in [1.54, 1.807) is 37.4 Å². The van der Waals surface area contributed by atoms with Gasteiger partial charge >= 0.3 is 0 Å². The highest BCUT2D eigenvalue weighted by molar-refractivity contribution is 6.04. The Kier molecular flexibility index (Phi) is 5.54. The van der Waals surface area contributed by atoms with Crippen LogP contribution in [-0.4, -0.2) is 21.9 Å². The maximum Gasteiger partial charge on any atom is 0.281 e. The normalized spacial score (nSPS) is 10.8. The highest BCUT2D eigenvalue weighted by Gasteiger charge is 2.14. The fourth-order valence-electron chi connectivity index (χ4n) is 2.72. The number of unbranched alkanes of at least 4 members (excludes halogenated alkanes) is 1. The van der Waals surface area contributed by atoms with Gasteiger partial charge in [0.25, 0.3) is 11.5 Å². The fourth-order valence-corrected chi connectivity index (χ4v) is 2.72. The molecular weight excluding hydrogens is 342 g/mol. The van der Waals surface area contributed by atoms with Crippen molar-refractivity contribution in [1.29, 1.82) is 0 Å². The van der Waals surface area contributed by atoms with Gasteiger partial charge in [-0.2, -0.15) is 0 Å². The number of ether oxygens (including phenoxy) is 1. The van der Waals surface area contributed by atoms with E-state index in [1.807, 2.05) is 19.1 Å². The fraction of sp³-hybridized carbons (Fsp3) is 0.286. The van der Waals surface area contributed by atoms with Gasteiger partial charge < -0.3 is 10.1 Å². The number of hydrogen-bond donors (Lipinski definition) is 1. The number of pyridine rings is 1. The Labute approximate surface area is 157 Å². The first-order valence-corrected chi connectivity index (χ1v) is 9.03. The van der Waals surface area contributed by atoms with Crippen LogP contribution in [0.15, 0.2) is 47.4 Å². The van der Waals surface area contributed by atoms with Crippen LogP contribution in [0.2, 0.25) is 0 Å². The van der Waals surface area contributed by atoms with Crippen LogP contribution >= 0.6 is 0 Å². The zero-order valence-electron chi connectivity index (χ0n) is 15.8. The molecule has 0 unspecified atom stereocenters. The van der Waals surface area contributed by atoms with Crippen LogP contribution in [0, 0.1) is 13.8 Å². The summed E-state index contributed by atoms with van der Waals surface area (Å²) in [6.45, 7) is 6.40. The number of rotatable bonds is 6. The molecular formula is C21H23N3O3. The van der Waals surface area contributed by atoms with E-state index in [0.29, 0.717) is 23.5 Å². The number of carbonyl (C=O) groups is 1. The van der Waals surface area contributed by atoms with Crippen LogP contribution in [0.4, 0.5) is 5.69 Å². The lowest BCUT2D eigenvalue weighted by atomic mass is 10.2. The summed E-state index contributed by atoms with van der Waals surface area (Å²) in [6, 6.07) is 10.5. The molecule has 0 aliphatic rings. The van der Waals surface area contributed by atoms with Crippen molar-refractivity contribution in [3.63, 3.8) is 0 Å². The lowest BCUT2D eigenvalue weighted by molar-refractivity contribution is 0.102. The molecule has 1 aromatic carbocycles. The van der Waals surface area contributed by atoms with Crippen LogP contribution in [0.25, 0.3) is 5.65 Å². The molecule has 3 rings (SSSR count). The lowest BCUT2D eigenvalue weighted by Crippen LogP contribution is -2.25. The SMILES string of the molecule is CCCCOc1ccc(C(=O)Nc2c(C)nc3cc(C)ccn3c2=O)cc1. The highest BCUT2D eigenvalue weighted by atomic mass is 16.5. The largest absolute Gasteiger partial charge is 0.494 e. The van der Waals surface area contributed by atoms with Crippen molar-refractivity contribution in [2.24, 2.45) is 0 Å². The first-order valence-electron chi connectivity index (χ1n) is 9.03. The molecule has 0 atom stereocenters. The van der Waals surface area contributed by atoms with Gasteiger partial charge in [-0.05, 0) is 62.2 Å². The molecule has 0 spiro atoms. The average molecular weight is 365 g/mol. The number of aryl methyl sites for hydroxylation is 2. The van der Waals surface area contributed by atoms with Crippen LogP contribution in [0.1, 0.15) is 41.4 Å². The van der Waals surface area contributed by atoms with Gasteiger partial charge in [0, 0.05) is 11.8 Å². The molecule has 6 heteroatoms. The van der Waals surface area contributed by atoms with Gasteiger partial charge in [0.05, 0.1) is 12.3 Å². The summed E-state index contributed by atoms with van der Waals surface area (Å²) in [5.41, 5.74) is 2.39. The molecule has 0 fully saturated rings. The maximum absolute atomic E-state index is 12.7. The summed E-state index contributed by atoms with van der Waals surface area (Å²) in [5.74, 6) is 0.364. The third-order valence-corrected chi connectivity index (χ3v) is 4.29. The number of hydrogen-bond acceptors (Lipinski definition) is 4. The molecule has 0 aliphatic carbocycles. The van der Waals surface area contributed by atoms with E-state index in [9.17, 15) is 9.59 Å².